The molecule has 1 unspecified atom stereocenters. The minimum absolute atomic E-state index is 0.308. The minimum Gasteiger partial charge on any atom is -0.490 e. The molecular weight excluding hydrogens is 270 g/mol. The van der Waals surface area contributed by atoms with Gasteiger partial charge in [-0.1, -0.05) is 26.0 Å². The summed E-state index contributed by atoms with van der Waals surface area (Å²) in [6.07, 6.45) is 1.30. The topological polar surface area (TPSA) is 67.8 Å². The van der Waals surface area contributed by atoms with Crippen LogP contribution in [-0.4, -0.2) is 36.4 Å². The Hall–Kier alpha value is -1.75. The zero-order valence-corrected chi connectivity index (χ0v) is 13.0. The number of carboxylic acid groups (broad SMARTS) is 1. The summed E-state index contributed by atoms with van der Waals surface area (Å²) in [7, 11) is 0. The highest BCUT2D eigenvalue weighted by molar-refractivity contribution is 5.78. The highest BCUT2D eigenvalue weighted by atomic mass is 16.5. The number of nitrogens with one attached hydrogen (secondary N) is 1. The molecular formula is C16H25NO4. The van der Waals surface area contributed by atoms with Crippen molar-refractivity contribution in [1.29, 1.82) is 0 Å². The molecule has 1 atom stereocenters. The van der Waals surface area contributed by atoms with Gasteiger partial charge in [0, 0.05) is 6.42 Å². The van der Waals surface area contributed by atoms with Gasteiger partial charge in [-0.15, -0.1) is 0 Å². The van der Waals surface area contributed by atoms with Gasteiger partial charge >= 0.3 is 5.97 Å². The smallest absolute Gasteiger partial charge is 0.323 e. The van der Waals surface area contributed by atoms with E-state index in [0.717, 1.165) is 6.42 Å². The van der Waals surface area contributed by atoms with Gasteiger partial charge in [0.05, 0.1) is 13.2 Å². The number of aliphatic carboxylic acids is 1. The van der Waals surface area contributed by atoms with Crippen LogP contribution in [-0.2, 0) is 4.79 Å². The van der Waals surface area contributed by atoms with Gasteiger partial charge in [0.1, 0.15) is 5.54 Å². The van der Waals surface area contributed by atoms with E-state index in [2.05, 4.69) is 5.32 Å². The Morgan fingerprint density at radius 2 is 1.76 bits per heavy atom. The molecule has 1 rings (SSSR count). The van der Waals surface area contributed by atoms with Crippen molar-refractivity contribution < 1.29 is 19.4 Å². The predicted molar refractivity (Wildman–Crippen MR) is 82.1 cm³/mol. The monoisotopic (exact) mass is 295 g/mol. The van der Waals surface area contributed by atoms with Gasteiger partial charge in [-0.25, -0.2) is 0 Å². The summed E-state index contributed by atoms with van der Waals surface area (Å²) >= 11 is 0. The zero-order chi connectivity index (χ0) is 15.7. The summed E-state index contributed by atoms with van der Waals surface area (Å²) in [5.41, 5.74) is -0.978. The molecule has 1 aromatic carbocycles. The van der Waals surface area contributed by atoms with Crippen LogP contribution in [0.5, 0.6) is 11.5 Å². The van der Waals surface area contributed by atoms with Crippen LogP contribution in [0.3, 0.4) is 0 Å². The Bertz CT molecular complexity index is 450. The lowest BCUT2D eigenvalue weighted by Crippen LogP contribution is -2.50. The quantitative estimate of drug-likeness (QED) is 0.694. The maximum atomic E-state index is 11.3. The highest BCUT2D eigenvalue weighted by Gasteiger charge is 2.31. The second kappa shape index (κ2) is 8.52. The first-order valence-corrected chi connectivity index (χ1v) is 7.36. The van der Waals surface area contributed by atoms with Gasteiger partial charge in [-0.2, -0.15) is 0 Å². The van der Waals surface area contributed by atoms with Gasteiger partial charge in [0.2, 0.25) is 0 Å². The van der Waals surface area contributed by atoms with Crippen LogP contribution in [0.15, 0.2) is 24.3 Å². The van der Waals surface area contributed by atoms with Crippen LogP contribution in [0, 0.1) is 0 Å². The molecule has 21 heavy (non-hydrogen) atoms. The first-order valence-electron chi connectivity index (χ1n) is 7.36. The van der Waals surface area contributed by atoms with Gasteiger partial charge in [0.15, 0.2) is 11.5 Å². The molecule has 0 fully saturated rings. The third-order valence-corrected chi connectivity index (χ3v) is 3.21. The molecule has 0 bridgehead atoms. The number of carbonyl (C=O) groups is 1. The van der Waals surface area contributed by atoms with E-state index in [1.807, 2.05) is 38.1 Å². The molecule has 0 aromatic heterocycles. The molecule has 1 aromatic rings. The molecule has 5 heteroatoms. The SMILES string of the molecule is CCCOc1ccccc1OCCC(C)(NCC)C(=O)O. The first-order chi connectivity index (χ1) is 10.0. The Balaban J connectivity index is 2.60. The second-order valence-electron chi connectivity index (χ2n) is 5.06. The third kappa shape index (κ3) is 5.27. The number of carboxylic acids is 1. The molecule has 0 aliphatic heterocycles. The molecule has 0 aliphatic carbocycles. The van der Waals surface area contributed by atoms with E-state index < -0.39 is 11.5 Å². The lowest BCUT2D eigenvalue weighted by Gasteiger charge is -2.25. The average Bonchev–Trinajstić information content (AvgIpc) is 2.46. The molecule has 2 N–H and O–H groups in total. The largest absolute Gasteiger partial charge is 0.490 e. The standard InChI is InChI=1S/C16H25NO4/c1-4-11-20-13-8-6-7-9-14(13)21-12-10-16(3,15(18)19)17-5-2/h6-9,17H,4-5,10-12H2,1-3H3,(H,18,19). The fourth-order valence-electron chi connectivity index (χ4n) is 1.93. The van der Waals surface area contributed by atoms with Crippen molar-refractivity contribution in [3.8, 4) is 11.5 Å². The van der Waals surface area contributed by atoms with Crippen molar-refractivity contribution in [1.82, 2.24) is 5.32 Å². The summed E-state index contributed by atoms with van der Waals surface area (Å²) < 4.78 is 11.3. The van der Waals surface area contributed by atoms with Gasteiger partial charge in [-0.3, -0.25) is 4.79 Å². The fraction of sp³-hybridized carbons (Fsp3) is 0.562. The fourth-order valence-corrected chi connectivity index (χ4v) is 1.93. The zero-order valence-electron chi connectivity index (χ0n) is 13.0. The third-order valence-electron chi connectivity index (χ3n) is 3.21. The van der Waals surface area contributed by atoms with E-state index in [0.29, 0.717) is 37.7 Å². The van der Waals surface area contributed by atoms with E-state index in [1.54, 1.807) is 6.92 Å². The maximum Gasteiger partial charge on any atom is 0.323 e. The molecule has 0 aliphatic rings. The van der Waals surface area contributed by atoms with Crippen molar-refractivity contribution in [2.45, 2.75) is 39.2 Å². The van der Waals surface area contributed by atoms with Gasteiger partial charge < -0.3 is 19.9 Å². The number of rotatable bonds is 10. The number of ether oxygens (including phenoxy) is 2. The lowest BCUT2D eigenvalue weighted by molar-refractivity contribution is -0.144. The van der Waals surface area contributed by atoms with Crippen molar-refractivity contribution in [2.24, 2.45) is 0 Å². The van der Waals surface area contributed by atoms with Crippen molar-refractivity contribution >= 4 is 5.97 Å². The molecule has 0 saturated heterocycles. The number of hydrogen-bond donors (Lipinski definition) is 2. The maximum absolute atomic E-state index is 11.3. The van der Waals surface area contributed by atoms with Crippen molar-refractivity contribution in [2.75, 3.05) is 19.8 Å². The molecule has 0 spiro atoms. The lowest BCUT2D eigenvalue weighted by atomic mass is 9.98. The van der Waals surface area contributed by atoms with Crippen LogP contribution in [0.2, 0.25) is 0 Å². The van der Waals surface area contributed by atoms with Crippen LogP contribution < -0.4 is 14.8 Å². The van der Waals surface area contributed by atoms with E-state index >= 15 is 0 Å². The Morgan fingerprint density at radius 3 is 2.24 bits per heavy atom. The van der Waals surface area contributed by atoms with E-state index in [4.69, 9.17) is 9.47 Å². The van der Waals surface area contributed by atoms with Crippen LogP contribution in [0.25, 0.3) is 0 Å². The summed E-state index contributed by atoms with van der Waals surface area (Å²) in [6, 6.07) is 7.44. The minimum atomic E-state index is -0.978. The average molecular weight is 295 g/mol. The van der Waals surface area contributed by atoms with Crippen molar-refractivity contribution in [3.63, 3.8) is 0 Å². The number of hydrogen-bond acceptors (Lipinski definition) is 4. The van der Waals surface area contributed by atoms with Gasteiger partial charge in [0.25, 0.3) is 0 Å². The summed E-state index contributed by atoms with van der Waals surface area (Å²) in [4.78, 5) is 11.3. The predicted octanol–water partition coefficient (Wildman–Crippen LogP) is 2.70. The summed E-state index contributed by atoms with van der Waals surface area (Å²) in [5, 5.41) is 12.3. The normalized spacial score (nSPS) is 13.5. The first kappa shape index (κ1) is 17.3. The highest BCUT2D eigenvalue weighted by Crippen LogP contribution is 2.27. The van der Waals surface area contributed by atoms with E-state index in [9.17, 15) is 9.90 Å². The van der Waals surface area contributed by atoms with Crippen molar-refractivity contribution in [3.05, 3.63) is 24.3 Å². The van der Waals surface area contributed by atoms with Crippen LogP contribution in [0.1, 0.15) is 33.6 Å². The Kier molecular flexibility index (Phi) is 7.02. The second-order valence-corrected chi connectivity index (χ2v) is 5.06. The molecule has 5 nitrogen and oxygen atoms in total. The summed E-state index contributed by atoms with van der Waals surface area (Å²) in [5.74, 6) is 0.471. The van der Waals surface area contributed by atoms with Crippen LogP contribution >= 0.6 is 0 Å². The molecule has 0 saturated carbocycles. The van der Waals surface area contributed by atoms with E-state index in [1.165, 1.54) is 0 Å². The van der Waals surface area contributed by atoms with Gasteiger partial charge in [-0.05, 0) is 32.0 Å². The Morgan fingerprint density at radius 1 is 1.19 bits per heavy atom. The number of likely N-dealkylation sites (N-methyl/N-ethyl adjacent to an activating group) is 1. The summed E-state index contributed by atoms with van der Waals surface area (Å²) in [6.45, 7) is 7.13. The van der Waals surface area contributed by atoms with E-state index in [-0.39, 0.29) is 0 Å². The molecule has 0 amide bonds. The Labute approximate surface area is 126 Å². The number of benzene rings is 1. The number of para-hydroxylation sites is 2. The molecule has 0 radical (unpaired) electrons. The molecule has 118 valence electrons. The molecule has 0 heterocycles. The van der Waals surface area contributed by atoms with Crippen LogP contribution in [0.4, 0.5) is 0 Å².